The minimum Gasteiger partial charge on any atom is -0.339 e. The van der Waals surface area contributed by atoms with Gasteiger partial charge in [0.2, 0.25) is 11.8 Å². The van der Waals surface area contributed by atoms with E-state index in [9.17, 15) is 9.59 Å². The number of hydrogen-bond donors (Lipinski definition) is 0. The first-order valence-electron chi connectivity index (χ1n) is 8.33. The molecule has 5 nitrogen and oxygen atoms in total. The maximum atomic E-state index is 12.7. The number of carbonyl (C=O) groups excluding carboxylic acids is 2. The van der Waals surface area contributed by atoms with Crippen molar-refractivity contribution >= 4 is 17.5 Å². The van der Waals surface area contributed by atoms with Crippen LogP contribution < -0.4 is 4.90 Å². The van der Waals surface area contributed by atoms with Crippen molar-refractivity contribution < 1.29 is 9.59 Å². The zero-order chi connectivity index (χ0) is 16.6. The number of anilines is 1. The Hall–Kier alpha value is -1.88. The van der Waals surface area contributed by atoms with Gasteiger partial charge >= 0.3 is 0 Å². The second-order valence-electron chi connectivity index (χ2n) is 6.73. The molecular formula is C18H25N3O2. The average Bonchev–Trinajstić information content (AvgIpc) is 2.92. The first-order chi connectivity index (χ1) is 11.0. The van der Waals surface area contributed by atoms with Crippen LogP contribution in [0.2, 0.25) is 0 Å². The molecule has 0 spiro atoms. The third kappa shape index (κ3) is 3.11. The number of hydrogen-bond acceptors (Lipinski definition) is 3. The van der Waals surface area contributed by atoms with Crippen LogP contribution in [-0.2, 0) is 9.59 Å². The van der Waals surface area contributed by atoms with Gasteiger partial charge in [0.05, 0.1) is 0 Å². The topological polar surface area (TPSA) is 43.9 Å². The Labute approximate surface area is 137 Å². The lowest BCUT2D eigenvalue weighted by Gasteiger charge is -2.33. The van der Waals surface area contributed by atoms with Crippen molar-refractivity contribution in [3.63, 3.8) is 0 Å². The minimum absolute atomic E-state index is 0.00873. The van der Waals surface area contributed by atoms with Gasteiger partial charge in [-0.05, 0) is 50.6 Å². The highest BCUT2D eigenvalue weighted by Gasteiger charge is 2.40. The van der Waals surface area contributed by atoms with Gasteiger partial charge in [0.1, 0.15) is 5.92 Å². The highest BCUT2D eigenvalue weighted by atomic mass is 16.2. The number of amides is 2. The molecule has 0 radical (unpaired) electrons. The Morgan fingerprint density at radius 1 is 1.04 bits per heavy atom. The van der Waals surface area contributed by atoms with Crippen molar-refractivity contribution in [2.75, 3.05) is 44.7 Å². The van der Waals surface area contributed by atoms with E-state index in [0.29, 0.717) is 13.0 Å². The van der Waals surface area contributed by atoms with Gasteiger partial charge in [-0.25, -0.2) is 0 Å². The molecule has 0 saturated carbocycles. The normalized spacial score (nSPS) is 22.7. The summed E-state index contributed by atoms with van der Waals surface area (Å²) in [5.41, 5.74) is 3.29. The van der Waals surface area contributed by atoms with Crippen molar-refractivity contribution in [3.05, 3.63) is 29.3 Å². The molecule has 0 N–H and O–H groups in total. The van der Waals surface area contributed by atoms with E-state index in [1.54, 1.807) is 4.90 Å². The zero-order valence-electron chi connectivity index (χ0n) is 14.2. The van der Waals surface area contributed by atoms with Gasteiger partial charge in [-0.2, -0.15) is 0 Å². The molecule has 2 amide bonds. The number of nitrogens with zero attached hydrogens (tertiary/aromatic N) is 3. The van der Waals surface area contributed by atoms with Gasteiger partial charge in [-0.1, -0.05) is 6.07 Å². The van der Waals surface area contributed by atoms with Gasteiger partial charge in [-0.3, -0.25) is 9.59 Å². The zero-order valence-corrected chi connectivity index (χ0v) is 14.2. The third-order valence-electron chi connectivity index (χ3n) is 5.12. The van der Waals surface area contributed by atoms with Crippen LogP contribution in [0.25, 0.3) is 0 Å². The summed E-state index contributed by atoms with van der Waals surface area (Å²) in [5.74, 6) is -0.536. The van der Waals surface area contributed by atoms with Crippen LogP contribution in [0, 0.1) is 19.8 Å². The smallest absolute Gasteiger partial charge is 0.239 e. The molecule has 1 unspecified atom stereocenters. The number of aryl methyl sites for hydroxylation is 2. The summed E-state index contributed by atoms with van der Waals surface area (Å²) in [6, 6.07) is 6.05. The molecule has 2 saturated heterocycles. The van der Waals surface area contributed by atoms with E-state index in [1.165, 1.54) is 11.1 Å². The van der Waals surface area contributed by atoms with E-state index in [4.69, 9.17) is 0 Å². The summed E-state index contributed by atoms with van der Waals surface area (Å²) < 4.78 is 0. The Morgan fingerprint density at radius 3 is 2.39 bits per heavy atom. The lowest BCUT2D eigenvalue weighted by Crippen LogP contribution is -2.50. The summed E-state index contributed by atoms with van der Waals surface area (Å²) in [6.07, 6.45) is 0.622. The SMILES string of the molecule is Cc1ccc(N2CCC(C(=O)N3CCN(C)CC3)C2=O)cc1C. The van der Waals surface area contributed by atoms with E-state index < -0.39 is 5.92 Å². The number of rotatable bonds is 2. The Balaban J connectivity index is 1.71. The fourth-order valence-corrected chi connectivity index (χ4v) is 3.31. The predicted molar refractivity (Wildman–Crippen MR) is 90.5 cm³/mol. The molecule has 2 fully saturated rings. The lowest BCUT2D eigenvalue weighted by atomic mass is 10.1. The number of benzene rings is 1. The fraction of sp³-hybridized carbons (Fsp3) is 0.556. The molecule has 0 bridgehead atoms. The molecule has 23 heavy (non-hydrogen) atoms. The number of carbonyl (C=O) groups is 2. The summed E-state index contributed by atoms with van der Waals surface area (Å²) in [5, 5.41) is 0. The van der Waals surface area contributed by atoms with Crippen LogP contribution in [0.5, 0.6) is 0 Å². The van der Waals surface area contributed by atoms with Crippen molar-refractivity contribution in [3.8, 4) is 0 Å². The number of piperazine rings is 1. The van der Waals surface area contributed by atoms with Crippen molar-refractivity contribution in [2.24, 2.45) is 5.92 Å². The summed E-state index contributed by atoms with van der Waals surface area (Å²) in [6.45, 7) is 7.95. The quantitative estimate of drug-likeness (QED) is 0.776. The van der Waals surface area contributed by atoms with Crippen LogP contribution in [-0.4, -0.2) is 61.4 Å². The summed E-state index contributed by atoms with van der Waals surface area (Å²) in [7, 11) is 2.06. The van der Waals surface area contributed by atoms with Crippen LogP contribution in [0.4, 0.5) is 5.69 Å². The molecule has 0 aromatic heterocycles. The van der Waals surface area contributed by atoms with Crippen molar-refractivity contribution in [2.45, 2.75) is 20.3 Å². The highest BCUT2D eigenvalue weighted by molar-refractivity contribution is 6.09. The third-order valence-corrected chi connectivity index (χ3v) is 5.12. The Kier molecular flexibility index (Phi) is 4.39. The second-order valence-corrected chi connectivity index (χ2v) is 6.73. The molecule has 5 heteroatoms. The molecule has 2 aliphatic rings. The average molecular weight is 315 g/mol. The molecule has 0 aliphatic carbocycles. The fourth-order valence-electron chi connectivity index (χ4n) is 3.31. The standard InChI is InChI=1S/C18H25N3O2/c1-13-4-5-15(12-14(13)2)21-7-6-16(18(21)23)17(22)20-10-8-19(3)9-11-20/h4-5,12,16H,6-11H2,1-3H3. The van der Waals surface area contributed by atoms with E-state index in [1.807, 2.05) is 30.0 Å². The molecule has 1 aromatic rings. The van der Waals surface area contributed by atoms with E-state index in [0.717, 1.165) is 31.9 Å². The summed E-state index contributed by atoms with van der Waals surface area (Å²) in [4.78, 5) is 31.2. The van der Waals surface area contributed by atoms with E-state index in [2.05, 4.69) is 18.9 Å². The Bertz CT molecular complexity index is 621. The molecule has 1 atom stereocenters. The van der Waals surface area contributed by atoms with Crippen LogP contribution in [0.1, 0.15) is 17.5 Å². The van der Waals surface area contributed by atoms with E-state index in [-0.39, 0.29) is 11.8 Å². The largest absolute Gasteiger partial charge is 0.339 e. The maximum Gasteiger partial charge on any atom is 0.239 e. The highest BCUT2D eigenvalue weighted by Crippen LogP contribution is 2.28. The monoisotopic (exact) mass is 315 g/mol. The van der Waals surface area contributed by atoms with Gasteiger partial charge < -0.3 is 14.7 Å². The molecule has 2 heterocycles. The predicted octanol–water partition coefficient (Wildman–Crippen LogP) is 1.43. The first-order valence-corrected chi connectivity index (χ1v) is 8.33. The van der Waals surface area contributed by atoms with Gasteiger partial charge in [0, 0.05) is 38.4 Å². The van der Waals surface area contributed by atoms with Crippen molar-refractivity contribution in [1.29, 1.82) is 0 Å². The van der Waals surface area contributed by atoms with Gasteiger partial charge in [0.15, 0.2) is 0 Å². The maximum absolute atomic E-state index is 12.7. The minimum atomic E-state index is -0.500. The second kappa shape index (κ2) is 6.32. The van der Waals surface area contributed by atoms with Crippen LogP contribution in [0.15, 0.2) is 18.2 Å². The summed E-state index contributed by atoms with van der Waals surface area (Å²) >= 11 is 0. The van der Waals surface area contributed by atoms with Gasteiger partial charge in [0.25, 0.3) is 0 Å². The molecule has 124 valence electrons. The molecule has 3 rings (SSSR count). The van der Waals surface area contributed by atoms with Crippen molar-refractivity contribution in [1.82, 2.24) is 9.80 Å². The lowest BCUT2D eigenvalue weighted by molar-refractivity contribution is -0.141. The first kappa shape index (κ1) is 16.0. The van der Waals surface area contributed by atoms with Crippen LogP contribution in [0.3, 0.4) is 0 Å². The Morgan fingerprint density at radius 2 is 1.74 bits per heavy atom. The molecular weight excluding hydrogens is 290 g/mol. The molecule has 2 aliphatic heterocycles. The molecule has 1 aromatic carbocycles. The van der Waals surface area contributed by atoms with Crippen LogP contribution >= 0.6 is 0 Å². The van der Waals surface area contributed by atoms with E-state index >= 15 is 0 Å². The van der Waals surface area contributed by atoms with Gasteiger partial charge in [-0.15, -0.1) is 0 Å². The number of likely N-dealkylation sites (N-methyl/N-ethyl adjacent to an activating group) is 1.